The second kappa shape index (κ2) is 7.78. The van der Waals surface area contributed by atoms with Gasteiger partial charge in [-0.1, -0.05) is 54.4 Å². The molecule has 30 heavy (non-hydrogen) atoms. The number of carbonyl (C=O) groups excluding carboxylic acids is 1. The lowest BCUT2D eigenvalue weighted by Gasteiger charge is -2.43. The van der Waals surface area contributed by atoms with Gasteiger partial charge in [0.25, 0.3) is 0 Å². The summed E-state index contributed by atoms with van der Waals surface area (Å²) < 4.78 is 20.2. The average Bonchev–Trinajstić information content (AvgIpc) is 3.14. The quantitative estimate of drug-likeness (QED) is 0.699. The first-order chi connectivity index (χ1) is 14.6. The van der Waals surface area contributed by atoms with Crippen molar-refractivity contribution in [2.24, 2.45) is 0 Å². The van der Waals surface area contributed by atoms with Gasteiger partial charge in [-0.15, -0.1) is 0 Å². The number of aryl methyl sites for hydroxylation is 1. The summed E-state index contributed by atoms with van der Waals surface area (Å²) in [5.74, 6) is -0.0858. The predicted octanol–water partition coefficient (Wildman–Crippen LogP) is 5.02. The number of carbonyl (C=O) groups is 1. The van der Waals surface area contributed by atoms with Crippen LogP contribution < -0.4 is 0 Å². The van der Waals surface area contributed by atoms with Crippen LogP contribution in [0, 0.1) is 6.92 Å². The van der Waals surface area contributed by atoms with Crippen molar-refractivity contribution in [3.05, 3.63) is 76.3 Å². The molecule has 2 heterocycles. The highest BCUT2D eigenvalue weighted by Crippen LogP contribution is 2.49. The highest BCUT2D eigenvalue weighted by molar-refractivity contribution is 7.89. The zero-order chi connectivity index (χ0) is 20.7. The van der Waals surface area contributed by atoms with Crippen LogP contribution in [-0.2, 0) is 20.3 Å². The van der Waals surface area contributed by atoms with Gasteiger partial charge < -0.3 is 4.74 Å². The number of nitrogens with zero attached hydrogens (tertiary/aromatic N) is 1. The van der Waals surface area contributed by atoms with E-state index in [0.29, 0.717) is 13.0 Å². The first kappa shape index (κ1) is 19.7. The number of ether oxygens (including phenoxy) is 1. The van der Waals surface area contributed by atoms with Crippen LogP contribution in [0.15, 0.2) is 70.1 Å². The molecule has 0 aromatic heterocycles. The fourth-order valence-corrected chi connectivity index (χ4v) is 6.63. The molecule has 156 valence electrons. The van der Waals surface area contributed by atoms with E-state index in [1.54, 1.807) is 0 Å². The molecule has 0 N–H and O–H groups in total. The van der Waals surface area contributed by atoms with Gasteiger partial charge in [-0.05, 0) is 50.3 Å². The van der Waals surface area contributed by atoms with Gasteiger partial charge >= 0.3 is 0 Å². The number of hydrogen-bond donors (Lipinski definition) is 0. The fraction of sp³-hybridized carbons (Fsp3) is 0.400. The minimum atomic E-state index is -1.35. The zero-order valence-corrected chi connectivity index (χ0v) is 18.1. The molecule has 1 aliphatic carbocycles. The lowest BCUT2D eigenvalue weighted by Crippen LogP contribution is -2.51. The lowest BCUT2D eigenvalue weighted by atomic mass is 9.86. The van der Waals surface area contributed by atoms with Gasteiger partial charge in [0.2, 0.25) is 5.91 Å². The van der Waals surface area contributed by atoms with E-state index in [0.717, 1.165) is 52.3 Å². The summed E-state index contributed by atoms with van der Waals surface area (Å²) in [6, 6.07) is 17.9. The largest absolute Gasteiger partial charge is 0.349 e. The third-order valence-electron chi connectivity index (χ3n) is 6.66. The Morgan fingerprint density at radius 3 is 2.40 bits per heavy atom. The van der Waals surface area contributed by atoms with Crippen LogP contribution in [0.25, 0.3) is 0 Å². The van der Waals surface area contributed by atoms with Crippen LogP contribution in [0.2, 0.25) is 0 Å². The molecule has 3 aliphatic rings. The van der Waals surface area contributed by atoms with Crippen LogP contribution in [0.1, 0.15) is 55.6 Å². The molecule has 5 heteroatoms. The Bertz CT molecular complexity index is 1010. The number of hydrogen-bond acceptors (Lipinski definition) is 3. The van der Waals surface area contributed by atoms with Crippen LogP contribution >= 0.6 is 0 Å². The van der Waals surface area contributed by atoms with Crippen LogP contribution in [0.5, 0.6) is 0 Å². The number of benzene rings is 2. The fourth-order valence-electron chi connectivity index (χ4n) is 5.15. The third kappa shape index (κ3) is 3.25. The van der Waals surface area contributed by atoms with Crippen molar-refractivity contribution >= 4 is 16.7 Å². The normalized spacial score (nSPS) is 24.2. The van der Waals surface area contributed by atoms with Crippen LogP contribution in [0.3, 0.4) is 0 Å². The van der Waals surface area contributed by atoms with Crippen molar-refractivity contribution in [1.82, 2.24) is 4.90 Å². The Kier molecular flexibility index (Phi) is 5.11. The first-order valence-electron chi connectivity index (χ1n) is 10.8. The van der Waals surface area contributed by atoms with E-state index in [1.165, 1.54) is 6.42 Å². The molecule has 1 unspecified atom stereocenters. The third-order valence-corrected chi connectivity index (χ3v) is 8.28. The molecule has 1 saturated carbocycles. The van der Waals surface area contributed by atoms with E-state index >= 15 is 0 Å². The summed E-state index contributed by atoms with van der Waals surface area (Å²) in [6.45, 7) is 2.39. The minimum Gasteiger partial charge on any atom is -0.349 e. The lowest BCUT2D eigenvalue weighted by molar-refractivity contribution is -0.154. The molecule has 2 aromatic carbocycles. The van der Waals surface area contributed by atoms with Gasteiger partial charge in [0.05, 0.1) is 28.0 Å². The number of rotatable bonds is 3. The average molecular weight is 422 g/mol. The van der Waals surface area contributed by atoms with Crippen LogP contribution in [0.4, 0.5) is 0 Å². The highest BCUT2D eigenvalue weighted by Gasteiger charge is 2.52. The van der Waals surface area contributed by atoms with E-state index in [9.17, 15) is 9.00 Å². The maximum absolute atomic E-state index is 13.9. The molecule has 0 radical (unpaired) electrons. The second-order valence-electron chi connectivity index (χ2n) is 8.58. The van der Waals surface area contributed by atoms with Crippen molar-refractivity contribution in [2.75, 3.05) is 6.61 Å². The number of amides is 1. The van der Waals surface area contributed by atoms with Crippen molar-refractivity contribution in [1.29, 1.82) is 0 Å². The first-order valence-corrected chi connectivity index (χ1v) is 12.0. The number of fused-ring (bicyclic) bond motifs is 2. The molecule has 2 aromatic rings. The molecule has 2 aliphatic heterocycles. The van der Waals surface area contributed by atoms with E-state index in [1.807, 2.05) is 66.4 Å². The standard InChI is InChI=1S/C25H27NO3S/c1-18-10-12-20(13-11-18)30(28)24-21(19-8-4-2-5-9-19)16-23(27)26-22(24)17-29-25(26)14-6-3-7-15-25/h2,4-5,8-13,21H,3,6-7,14-17H2,1H3/t21-,30?/m1/s1. The van der Waals surface area contributed by atoms with Gasteiger partial charge in [0.1, 0.15) is 5.72 Å². The maximum Gasteiger partial charge on any atom is 0.230 e. The molecule has 1 saturated heterocycles. The van der Waals surface area contributed by atoms with Gasteiger partial charge in [-0.3, -0.25) is 9.69 Å². The van der Waals surface area contributed by atoms with Gasteiger partial charge in [0, 0.05) is 17.2 Å². The summed E-state index contributed by atoms with van der Waals surface area (Å²) in [5.41, 5.74) is 2.48. The Balaban J connectivity index is 1.65. The van der Waals surface area contributed by atoms with E-state index in [4.69, 9.17) is 4.74 Å². The van der Waals surface area contributed by atoms with Crippen LogP contribution in [-0.4, -0.2) is 27.3 Å². The SMILES string of the molecule is Cc1ccc(S(=O)C2=C3COC4(CCCCC4)N3C(=O)C[C@@H]2c2ccccc2)cc1. The Labute approximate surface area is 180 Å². The molecule has 1 spiro atoms. The molecule has 2 fully saturated rings. The van der Waals surface area contributed by atoms with Crippen molar-refractivity contribution in [3.8, 4) is 0 Å². The molecule has 2 atom stereocenters. The second-order valence-corrected chi connectivity index (χ2v) is 10.0. The van der Waals surface area contributed by atoms with Crippen molar-refractivity contribution in [3.63, 3.8) is 0 Å². The molecule has 1 amide bonds. The van der Waals surface area contributed by atoms with Crippen molar-refractivity contribution < 1.29 is 13.7 Å². The van der Waals surface area contributed by atoms with Gasteiger partial charge in [0.15, 0.2) is 0 Å². The molecule has 0 bridgehead atoms. The molecule has 5 rings (SSSR count). The molecular weight excluding hydrogens is 394 g/mol. The van der Waals surface area contributed by atoms with Crippen molar-refractivity contribution in [2.45, 2.75) is 62.0 Å². The minimum absolute atomic E-state index is 0.0999. The van der Waals surface area contributed by atoms with E-state index in [-0.39, 0.29) is 11.8 Å². The summed E-state index contributed by atoms with van der Waals surface area (Å²) in [4.78, 5) is 16.9. The topological polar surface area (TPSA) is 46.6 Å². The zero-order valence-electron chi connectivity index (χ0n) is 17.3. The predicted molar refractivity (Wildman–Crippen MR) is 117 cm³/mol. The highest BCUT2D eigenvalue weighted by atomic mass is 32.2. The summed E-state index contributed by atoms with van der Waals surface area (Å²) >= 11 is 0. The summed E-state index contributed by atoms with van der Waals surface area (Å²) in [7, 11) is -1.35. The summed E-state index contributed by atoms with van der Waals surface area (Å²) in [6.07, 6.45) is 5.38. The van der Waals surface area contributed by atoms with Gasteiger partial charge in [-0.25, -0.2) is 4.21 Å². The Hall–Kier alpha value is -2.24. The summed E-state index contributed by atoms with van der Waals surface area (Å²) in [5, 5.41) is 0. The van der Waals surface area contributed by atoms with E-state index < -0.39 is 16.5 Å². The smallest absolute Gasteiger partial charge is 0.230 e. The van der Waals surface area contributed by atoms with Gasteiger partial charge in [-0.2, -0.15) is 0 Å². The maximum atomic E-state index is 13.9. The Morgan fingerprint density at radius 2 is 1.70 bits per heavy atom. The Morgan fingerprint density at radius 1 is 1.00 bits per heavy atom. The van der Waals surface area contributed by atoms with E-state index in [2.05, 4.69) is 0 Å². The number of allylic oxidation sites excluding steroid dienone is 1. The molecular formula is C25H27NO3S. The monoisotopic (exact) mass is 421 g/mol. The molecule has 4 nitrogen and oxygen atoms in total.